The molecule has 0 atom stereocenters. The van der Waals surface area contributed by atoms with Crippen molar-refractivity contribution in [2.75, 3.05) is 33.9 Å². The van der Waals surface area contributed by atoms with Crippen molar-refractivity contribution in [3.63, 3.8) is 0 Å². The number of nitrogens with two attached hydrogens (primary N) is 1. The Morgan fingerprint density at radius 2 is 1.68 bits per heavy atom. The number of hydrogen-bond donors (Lipinski definition) is 1. The lowest BCUT2D eigenvalue weighted by Gasteiger charge is -2.49. The monoisotopic (exact) mass is 268 g/mol. The van der Waals surface area contributed by atoms with E-state index in [-0.39, 0.29) is 5.54 Å². The lowest BCUT2D eigenvalue weighted by molar-refractivity contribution is 0.0260. The van der Waals surface area contributed by atoms with E-state index < -0.39 is 0 Å². The van der Waals surface area contributed by atoms with Gasteiger partial charge in [-0.05, 0) is 57.4 Å². The first-order chi connectivity index (χ1) is 9.16. The zero-order valence-electron chi connectivity index (χ0n) is 12.9. The molecule has 2 fully saturated rings. The minimum absolute atomic E-state index is 0.265. The lowest BCUT2D eigenvalue weighted by atomic mass is 9.66. The highest BCUT2D eigenvalue weighted by atomic mass is 16.5. The normalized spacial score (nSPS) is 25.3. The van der Waals surface area contributed by atoms with Gasteiger partial charge < -0.3 is 10.5 Å². The van der Waals surface area contributed by atoms with Crippen molar-refractivity contribution < 1.29 is 4.74 Å². The predicted octanol–water partition coefficient (Wildman–Crippen LogP) is 2.79. The second kappa shape index (κ2) is 6.55. The van der Waals surface area contributed by atoms with E-state index in [2.05, 4.69) is 11.9 Å². The minimum atomic E-state index is 0.265. The number of ether oxygens (including phenoxy) is 1. The average Bonchev–Trinajstić information content (AvgIpc) is 2.89. The van der Waals surface area contributed by atoms with Crippen LogP contribution in [-0.2, 0) is 4.74 Å². The summed E-state index contributed by atoms with van der Waals surface area (Å²) < 4.78 is 5.16. The summed E-state index contributed by atoms with van der Waals surface area (Å²) in [5.41, 5.74) is 7.12. The fraction of sp³-hybridized carbons (Fsp3) is 1.00. The van der Waals surface area contributed by atoms with Gasteiger partial charge in [-0.3, -0.25) is 4.90 Å². The van der Waals surface area contributed by atoms with Crippen LogP contribution >= 0.6 is 0 Å². The third-order valence-electron chi connectivity index (χ3n) is 5.94. The molecule has 3 heteroatoms. The Morgan fingerprint density at radius 3 is 2.21 bits per heavy atom. The average molecular weight is 268 g/mol. The van der Waals surface area contributed by atoms with Crippen molar-refractivity contribution in [1.82, 2.24) is 4.90 Å². The molecule has 0 aliphatic heterocycles. The fourth-order valence-electron chi connectivity index (χ4n) is 4.30. The summed E-state index contributed by atoms with van der Waals surface area (Å²) >= 11 is 0. The van der Waals surface area contributed by atoms with Gasteiger partial charge in [0, 0.05) is 32.3 Å². The van der Waals surface area contributed by atoms with Crippen LogP contribution in [0.3, 0.4) is 0 Å². The van der Waals surface area contributed by atoms with Crippen molar-refractivity contribution in [3.8, 4) is 0 Å². The Labute approximate surface area is 118 Å². The van der Waals surface area contributed by atoms with E-state index in [1.165, 1.54) is 51.4 Å². The molecule has 3 nitrogen and oxygen atoms in total. The van der Waals surface area contributed by atoms with Gasteiger partial charge in [0.15, 0.2) is 0 Å². The summed E-state index contributed by atoms with van der Waals surface area (Å²) in [6.45, 7) is 2.78. The topological polar surface area (TPSA) is 38.5 Å². The minimum Gasteiger partial charge on any atom is -0.385 e. The van der Waals surface area contributed by atoms with Crippen LogP contribution in [0.1, 0.15) is 57.8 Å². The maximum absolute atomic E-state index is 6.16. The zero-order valence-corrected chi connectivity index (χ0v) is 12.9. The van der Waals surface area contributed by atoms with Crippen LogP contribution in [0.5, 0.6) is 0 Å². The summed E-state index contributed by atoms with van der Waals surface area (Å²) in [5.74, 6) is 0. The van der Waals surface area contributed by atoms with E-state index in [1.807, 2.05) is 0 Å². The molecule has 0 aromatic carbocycles. The second-order valence-electron chi connectivity index (χ2n) is 6.90. The van der Waals surface area contributed by atoms with Crippen molar-refractivity contribution >= 4 is 0 Å². The first kappa shape index (κ1) is 15.3. The van der Waals surface area contributed by atoms with Gasteiger partial charge in [-0.2, -0.15) is 0 Å². The van der Waals surface area contributed by atoms with Crippen molar-refractivity contribution in [1.29, 1.82) is 0 Å². The number of nitrogens with zero attached hydrogens (tertiary/aromatic N) is 1. The molecule has 0 unspecified atom stereocenters. The third-order valence-corrected chi connectivity index (χ3v) is 5.94. The summed E-state index contributed by atoms with van der Waals surface area (Å²) in [4.78, 5) is 2.52. The molecule has 0 radical (unpaired) electrons. The molecule has 0 aromatic heterocycles. The number of likely N-dealkylation sites (N-methyl/N-ethyl adjacent to an activating group) is 1. The number of methoxy groups -OCH3 is 1. The fourth-order valence-corrected chi connectivity index (χ4v) is 4.30. The van der Waals surface area contributed by atoms with E-state index >= 15 is 0 Å². The molecular formula is C16H32N2O. The van der Waals surface area contributed by atoms with E-state index in [0.717, 1.165) is 26.1 Å². The van der Waals surface area contributed by atoms with Gasteiger partial charge in [0.1, 0.15) is 0 Å². The summed E-state index contributed by atoms with van der Waals surface area (Å²) in [5, 5.41) is 0. The van der Waals surface area contributed by atoms with Gasteiger partial charge in [-0.15, -0.1) is 0 Å². The quantitative estimate of drug-likeness (QED) is 0.753. The molecule has 1 spiro atoms. The maximum atomic E-state index is 6.16. The Morgan fingerprint density at radius 1 is 1.05 bits per heavy atom. The van der Waals surface area contributed by atoms with Gasteiger partial charge in [-0.1, -0.05) is 12.8 Å². The van der Waals surface area contributed by atoms with Gasteiger partial charge in [0.05, 0.1) is 0 Å². The molecule has 2 N–H and O–H groups in total. The third kappa shape index (κ3) is 3.32. The number of hydrogen-bond acceptors (Lipinski definition) is 3. The highest BCUT2D eigenvalue weighted by Gasteiger charge is 2.44. The SMILES string of the molecule is COCCCN(C)C1(CN)CCC2(CCCC2)CC1. The molecule has 0 heterocycles. The lowest BCUT2D eigenvalue weighted by Crippen LogP contribution is -2.55. The van der Waals surface area contributed by atoms with Gasteiger partial charge in [0.2, 0.25) is 0 Å². The summed E-state index contributed by atoms with van der Waals surface area (Å²) in [6, 6.07) is 0. The summed E-state index contributed by atoms with van der Waals surface area (Å²) in [6.07, 6.45) is 12.4. The Balaban J connectivity index is 1.89. The molecule has 2 rings (SSSR count). The van der Waals surface area contributed by atoms with Crippen LogP contribution in [0.4, 0.5) is 0 Å². The van der Waals surface area contributed by atoms with Crippen LogP contribution in [0.15, 0.2) is 0 Å². The van der Waals surface area contributed by atoms with E-state index in [0.29, 0.717) is 5.41 Å². The van der Waals surface area contributed by atoms with E-state index in [4.69, 9.17) is 10.5 Å². The highest BCUT2D eigenvalue weighted by molar-refractivity contribution is 5.00. The second-order valence-corrected chi connectivity index (χ2v) is 6.90. The zero-order chi connectivity index (χ0) is 13.8. The van der Waals surface area contributed by atoms with Crippen molar-refractivity contribution in [2.45, 2.75) is 63.3 Å². The van der Waals surface area contributed by atoms with Crippen LogP contribution in [0, 0.1) is 5.41 Å². The smallest absolute Gasteiger partial charge is 0.0474 e. The van der Waals surface area contributed by atoms with Crippen LogP contribution in [0.2, 0.25) is 0 Å². The highest BCUT2D eigenvalue weighted by Crippen LogP contribution is 2.52. The number of rotatable bonds is 6. The summed E-state index contributed by atoms with van der Waals surface area (Å²) in [7, 11) is 4.04. The van der Waals surface area contributed by atoms with Gasteiger partial charge in [-0.25, -0.2) is 0 Å². The van der Waals surface area contributed by atoms with Crippen LogP contribution < -0.4 is 5.73 Å². The first-order valence-corrected chi connectivity index (χ1v) is 8.07. The Bertz CT molecular complexity index is 264. The molecule has 2 saturated carbocycles. The molecule has 0 aromatic rings. The molecule has 2 aliphatic carbocycles. The first-order valence-electron chi connectivity index (χ1n) is 8.07. The molecule has 0 saturated heterocycles. The van der Waals surface area contributed by atoms with E-state index in [1.54, 1.807) is 7.11 Å². The molecule has 0 amide bonds. The predicted molar refractivity (Wildman–Crippen MR) is 80.3 cm³/mol. The van der Waals surface area contributed by atoms with Crippen molar-refractivity contribution in [2.24, 2.45) is 11.1 Å². The van der Waals surface area contributed by atoms with E-state index in [9.17, 15) is 0 Å². The molecule has 0 bridgehead atoms. The van der Waals surface area contributed by atoms with Crippen LogP contribution in [0.25, 0.3) is 0 Å². The Kier molecular flexibility index (Phi) is 5.27. The van der Waals surface area contributed by atoms with Crippen molar-refractivity contribution in [3.05, 3.63) is 0 Å². The Hall–Kier alpha value is -0.120. The standard InChI is InChI=1S/C16H32N2O/c1-18(12-5-13-19-2)16(14-17)10-8-15(9-11-16)6-3-4-7-15/h3-14,17H2,1-2H3. The molecule has 112 valence electrons. The largest absolute Gasteiger partial charge is 0.385 e. The van der Waals surface area contributed by atoms with Crippen LogP contribution in [-0.4, -0.2) is 44.3 Å². The maximum Gasteiger partial charge on any atom is 0.0474 e. The molecular weight excluding hydrogens is 236 g/mol. The molecule has 2 aliphatic rings. The molecule has 19 heavy (non-hydrogen) atoms. The van der Waals surface area contributed by atoms with Gasteiger partial charge in [0.25, 0.3) is 0 Å². The van der Waals surface area contributed by atoms with Gasteiger partial charge >= 0.3 is 0 Å².